The molecule has 0 spiro atoms. The Hall–Kier alpha value is -3.25. The number of hydrogen-bond acceptors (Lipinski definition) is 12. The van der Waals surface area contributed by atoms with E-state index >= 15 is 0 Å². The number of nitrogens with zero attached hydrogens (tertiary/aromatic N) is 4. The summed E-state index contributed by atoms with van der Waals surface area (Å²) >= 11 is -0.244. The molecule has 3 aromatic rings. The second-order valence-electron chi connectivity index (χ2n) is 10.0. The molecule has 240 valence electrons. The predicted molar refractivity (Wildman–Crippen MR) is 154 cm³/mol. The van der Waals surface area contributed by atoms with Gasteiger partial charge in [-0.1, -0.05) is 24.3 Å². The highest BCUT2D eigenvalue weighted by atomic mass is 32.2. The summed E-state index contributed by atoms with van der Waals surface area (Å²) in [4.78, 5) is 46.2. The number of carbonyl (C=O) groups excluding carboxylic acids is 1. The van der Waals surface area contributed by atoms with Crippen molar-refractivity contribution in [3.05, 3.63) is 48.3 Å². The van der Waals surface area contributed by atoms with Crippen LogP contribution in [0.4, 0.5) is 24.9 Å². The number of aromatic nitrogens is 4. The van der Waals surface area contributed by atoms with Gasteiger partial charge < -0.3 is 25.2 Å². The molecule has 1 fully saturated rings. The number of aliphatic hydroxyl groups excluding tert-OH is 1. The fourth-order valence-electron chi connectivity index (χ4n) is 4.07. The summed E-state index contributed by atoms with van der Waals surface area (Å²) in [5.41, 5.74) is 5.71. The Kier molecular flexibility index (Phi) is 10.9. The molecule has 2 aromatic heterocycles. The molecule has 14 nitrogen and oxygen atoms in total. The maximum Gasteiger partial charge on any atom is 0.527 e. The van der Waals surface area contributed by atoms with Gasteiger partial charge in [-0.05, 0) is 55.6 Å². The average Bonchev–Trinajstić information content (AvgIpc) is 3.44. The zero-order valence-electron chi connectivity index (χ0n) is 23.2. The highest BCUT2D eigenvalue weighted by Crippen LogP contribution is 2.37. The first-order valence-corrected chi connectivity index (χ1v) is 15.6. The maximum atomic E-state index is 12.2. The van der Waals surface area contributed by atoms with Gasteiger partial charge >= 0.3 is 19.3 Å². The van der Waals surface area contributed by atoms with Crippen molar-refractivity contribution < 1.29 is 46.8 Å². The summed E-state index contributed by atoms with van der Waals surface area (Å²) in [6.07, 6.45) is 9.10. The Balaban J connectivity index is 0.000000201. The van der Waals surface area contributed by atoms with E-state index in [-0.39, 0.29) is 47.8 Å². The van der Waals surface area contributed by atoms with Crippen LogP contribution in [0.15, 0.2) is 47.6 Å². The number of alkyl halides is 3. The lowest BCUT2D eigenvalue weighted by Crippen LogP contribution is -2.34. The molecule has 0 radical (unpaired) electrons. The molecule has 2 aliphatic rings. The molecular weight excluding hydrogens is 630 g/mol. The molecule has 1 aromatic carbocycles. The number of carbonyl (C=O) groups is 1. The number of aliphatic hydroxyl groups is 1. The van der Waals surface area contributed by atoms with Gasteiger partial charge in [0.1, 0.15) is 6.04 Å². The van der Waals surface area contributed by atoms with E-state index in [0.717, 1.165) is 36.2 Å². The summed E-state index contributed by atoms with van der Waals surface area (Å²) in [7, 11) is -4.93. The number of thioether (sulfide) groups is 1. The Labute approximate surface area is 253 Å². The lowest BCUT2D eigenvalue weighted by atomic mass is 10.1. The van der Waals surface area contributed by atoms with Crippen LogP contribution >= 0.6 is 19.6 Å². The number of halogens is 3. The first-order chi connectivity index (χ1) is 20.7. The third kappa shape index (κ3) is 10.2. The van der Waals surface area contributed by atoms with Crippen LogP contribution in [0.3, 0.4) is 0 Å². The number of imidazole rings is 1. The molecule has 19 heteroatoms. The Morgan fingerprint density at radius 3 is 2.52 bits per heavy atom. The van der Waals surface area contributed by atoms with Gasteiger partial charge in [-0.25, -0.2) is 14.3 Å². The van der Waals surface area contributed by atoms with E-state index in [1.165, 1.54) is 31.2 Å². The van der Waals surface area contributed by atoms with E-state index in [9.17, 15) is 27.6 Å². The molecule has 1 saturated carbocycles. The van der Waals surface area contributed by atoms with E-state index in [1.807, 2.05) is 10.6 Å². The first-order valence-electron chi connectivity index (χ1n) is 13.3. The maximum absolute atomic E-state index is 12.2. The van der Waals surface area contributed by atoms with Crippen LogP contribution in [0, 0.1) is 5.92 Å². The van der Waals surface area contributed by atoms with Crippen molar-refractivity contribution in [2.45, 2.75) is 61.3 Å². The lowest BCUT2D eigenvalue weighted by molar-refractivity contribution is -0.142. The largest absolute Gasteiger partial charge is 0.527 e. The number of fused-ring (bicyclic) bond motifs is 1. The Morgan fingerprint density at radius 1 is 1.23 bits per heavy atom. The molecule has 0 aliphatic heterocycles. The summed E-state index contributed by atoms with van der Waals surface area (Å²) in [5.74, 6) is -0.0292. The smallest absolute Gasteiger partial charge is 0.396 e. The molecule has 5 rings (SSSR count). The van der Waals surface area contributed by atoms with Crippen LogP contribution in [0.5, 0.6) is 0 Å². The van der Waals surface area contributed by atoms with Gasteiger partial charge in [0.15, 0.2) is 17.0 Å². The van der Waals surface area contributed by atoms with E-state index in [2.05, 4.69) is 36.3 Å². The van der Waals surface area contributed by atoms with Crippen molar-refractivity contribution in [1.29, 1.82) is 0 Å². The van der Waals surface area contributed by atoms with Crippen molar-refractivity contribution in [3.63, 3.8) is 0 Å². The molecular formula is C25H31F3N7O7PS. The number of benzene rings is 1. The number of phosphoric ester groups is 1. The fraction of sp³-hybridized carbons (Fsp3) is 0.440. The average molecular weight is 662 g/mol. The summed E-state index contributed by atoms with van der Waals surface area (Å²) in [6, 6.07) is 4.85. The molecule has 0 saturated heterocycles. The van der Waals surface area contributed by atoms with Gasteiger partial charge in [-0.2, -0.15) is 28.6 Å². The molecule has 3 atom stereocenters. The quantitative estimate of drug-likeness (QED) is 0.0754. The summed E-state index contributed by atoms with van der Waals surface area (Å²) < 4.78 is 52.8. The Morgan fingerprint density at radius 2 is 1.93 bits per heavy atom. The second kappa shape index (κ2) is 14.2. The molecule has 0 amide bonds. The van der Waals surface area contributed by atoms with Crippen molar-refractivity contribution in [1.82, 2.24) is 25.0 Å². The van der Waals surface area contributed by atoms with Gasteiger partial charge in [-0.15, -0.1) is 0 Å². The predicted octanol–water partition coefficient (Wildman–Crippen LogP) is 3.44. The number of anilines is 2. The number of hydrogen-bond donors (Lipinski definition) is 6. The van der Waals surface area contributed by atoms with Gasteiger partial charge in [0.05, 0.1) is 19.0 Å². The summed E-state index contributed by atoms with van der Waals surface area (Å²) in [6.45, 7) is 1.34. The molecule has 0 bridgehead atoms. The summed E-state index contributed by atoms with van der Waals surface area (Å²) in [5, 5.41) is 12.6. The van der Waals surface area contributed by atoms with E-state index in [1.54, 1.807) is 6.33 Å². The van der Waals surface area contributed by atoms with Crippen molar-refractivity contribution in [2.24, 2.45) is 5.92 Å². The fourth-order valence-corrected chi connectivity index (χ4v) is 5.01. The monoisotopic (exact) mass is 661 g/mol. The van der Waals surface area contributed by atoms with Crippen LogP contribution in [0.25, 0.3) is 11.2 Å². The van der Waals surface area contributed by atoms with Gasteiger partial charge in [0, 0.05) is 23.5 Å². The van der Waals surface area contributed by atoms with E-state index < -0.39 is 25.3 Å². The van der Waals surface area contributed by atoms with Gasteiger partial charge in [0.2, 0.25) is 5.95 Å². The minimum Gasteiger partial charge on any atom is -0.396 e. The number of rotatable bonds is 11. The van der Waals surface area contributed by atoms with Crippen LogP contribution in [-0.4, -0.2) is 64.6 Å². The number of nitrogens with one attached hydrogen (secondary N) is 2. The number of nitrogens with two attached hydrogens (primary N) is 1. The number of hydroxylamine groups is 1. The van der Waals surface area contributed by atoms with Crippen LogP contribution in [0.1, 0.15) is 37.8 Å². The normalized spacial score (nSPS) is 19.0. The third-order valence-corrected chi connectivity index (χ3v) is 7.47. The highest BCUT2D eigenvalue weighted by molar-refractivity contribution is 8.00. The molecule has 2 aliphatic carbocycles. The van der Waals surface area contributed by atoms with Crippen molar-refractivity contribution in [2.75, 3.05) is 17.7 Å². The number of nitrogen functional groups attached to an aromatic ring is 1. The van der Waals surface area contributed by atoms with E-state index in [4.69, 9.17) is 20.4 Å². The zero-order chi connectivity index (χ0) is 32.1. The molecule has 0 unspecified atom stereocenters. The first kappa shape index (κ1) is 33.6. The van der Waals surface area contributed by atoms with E-state index in [0.29, 0.717) is 11.6 Å². The van der Waals surface area contributed by atoms with Crippen LogP contribution < -0.4 is 16.5 Å². The zero-order valence-corrected chi connectivity index (χ0v) is 24.9. The lowest BCUT2D eigenvalue weighted by Gasteiger charge is -2.13. The topological polar surface area (TPSA) is 207 Å². The highest BCUT2D eigenvalue weighted by Gasteiger charge is 2.29. The molecule has 44 heavy (non-hydrogen) atoms. The number of phosphoric acid groups is 1. The van der Waals surface area contributed by atoms with Crippen molar-refractivity contribution in [3.8, 4) is 0 Å². The Bertz CT molecular complexity index is 1520. The third-order valence-electron chi connectivity index (χ3n) is 6.32. The van der Waals surface area contributed by atoms with Crippen molar-refractivity contribution >= 4 is 48.5 Å². The standard InChI is InChI=1S/C14H18N6O.C11H13F3NO6PS/c15-14-18-12(17-9-2-3-9)11-13(19-14)20(7-16-11)10-4-1-8(5-10)6-21;1-7(10(16)21-22(17,18)19)15-20-6-8-2-4-9(5-3-8)23-11(12,13)14/h1,4,7-10,21H,2-3,5-6H2,(H3,15,17,18,19);2-5,7,15H,6H2,1H3,(H2,17,18,19)/t8-,10+;7-/m10/s1. The molecule has 2 heterocycles. The van der Waals surface area contributed by atoms with Gasteiger partial charge in [0.25, 0.3) is 0 Å². The minimum atomic E-state index is -4.93. The van der Waals surface area contributed by atoms with Crippen LogP contribution in [0.2, 0.25) is 0 Å². The van der Waals surface area contributed by atoms with Gasteiger partial charge in [-0.3, -0.25) is 14.6 Å². The van der Waals surface area contributed by atoms with Crippen LogP contribution in [-0.2, 0) is 25.3 Å². The molecule has 7 N–H and O–H groups in total. The number of allylic oxidation sites excluding steroid dienone is 1. The second-order valence-corrected chi connectivity index (χ2v) is 12.3. The SMILES string of the molecule is C[C@H](NOCc1ccc(SC(F)(F)F)cc1)C(=O)OP(=O)(O)O.Nc1nc(NC2CC2)c2ncn([C@H]3C=C[C@@H](CO)C3)c2n1. The minimum absolute atomic E-state index is 0.0211.